The van der Waals surface area contributed by atoms with Crippen LogP contribution in [0.25, 0.3) is 0 Å². The molecule has 1 aliphatic rings. The predicted molar refractivity (Wildman–Crippen MR) is 72.3 cm³/mol. The lowest BCUT2D eigenvalue weighted by Gasteiger charge is -2.40. The molecular formula is C16H24O. The van der Waals surface area contributed by atoms with Crippen LogP contribution < -0.4 is 0 Å². The van der Waals surface area contributed by atoms with Crippen molar-refractivity contribution in [1.29, 1.82) is 0 Å². The number of hydrogen-bond donors (Lipinski definition) is 1. The lowest BCUT2D eigenvalue weighted by Crippen LogP contribution is -2.29. The molecule has 17 heavy (non-hydrogen) atoms. The lowest BCUT2D eigenvalue weighted by atomic mass is 9.64. The summed E-state index contributed by atoms with van der Waals surface area (Å²) in [6.07, 6.45) is 5.36. The van der Waals surface area contributed by atoms with Crippen LogP contribution in [0.1, 0.15) is 57.9 Å². The Kier molecular flexibility index (Phi) is 3.46. The van der Waals surface area contributed by atoms with E-state index in [1.165, 1.54) is 31.2 Å². The van der Waals surface area contributed by atoms with Gasteiger partial charge in [0, 0.05) is 0 Å². The zero-order chi connectivity index (χ0) is 12.5. The van der Waals surface area contributed by atoms with Gasteiger partial charge < -0.3 is 5.11 Å². The highest BCUT2D eigenvalue weighted by Crippen LogP contribution is 2.46. The smallest absolute Gasteiger partial charge is 0.115 e. The third-order valence-corrected chi connectivity index (χ3v) is 4.20. The summed E-state index contributed by atoms with van der Waals surface area (Å²) in [5.41, 5.74) is 1.78. The fraction of sp³-hybridized carbons (Fsp3) is 0.625. The maximum Gasteiger partial charge on any atom is 0.115 e. The van der Waals surface area contributed by atoms with Crippen LogP contribution >= 0.6 is 0 Å². The predicted octanol–water partition coefficient (Wildman–Crippen LogP) is 4.71. The Labute approximate surface area is 105 Å². The van der Waals surface area contributed by atoms with Crippen molar-refractivity contribution in [2.75, 3.05) is 0 Å². The number of phenolic OH excluding ortho intramolecular Hbond substituents is 1. The van der Waals surface area contributed by atoms with Crippen LogP contribution in [-0.4, -0.2) is 5.11 Å². The van der Waals surface area contributed by atoms with E-state index in [4.69, 9.17) is 0 Å². The molecule has 1 aliphatic carbocycles. The summed E-state index contributed by atoms with van der Waals surface area (Å²) < 4.78 is 0. The van der Waals surface area contributed by atoms with Crippen molar-refractivity contribution in [2.45, 2.75) is 52.4 Å². The largest absolute Gasteiger partial charge is 0.508 e. The van der Waals surface area contributed by atoms with E-state index in [0.29, 0.717) is 17.1 Å². The Morgan fingerprint density at radius 1 is 1.00 bits per heavy atom. The quantitative estimate of drug-likeness (QED) is 0.743. The van der Waals surface area contributed by atoms with Crippen molar-refractivity contribution >= 4 is 0 Å². The van der Waals surface area contributed by atoms with E-state index in [1.54, 1.807) is 0 Å². The van der Waals surface area contributed by atoms with Gasteiger partial charge in [-0.15, -0.1) is 0 Å². The zero-order valence-electron chi connectivity index (χ0n) is 11.2. The van der Waals surface area contributed by atoms with E-state index < -0.39 is 0 Å². The molecule has 2 atom stereocenters. The Hall–Kier alpha value is -0.980. The van der Waals surface area contributed by atoms with Crippen molar-refractivity contribution in [3.63, 3.8) is 0 Å². The van der Waals surface area contributed by atoms with Gasteiger partial charge in [-0.25, -0.2) is 0 Å². The monoisotopic (exact) mass is 232 g/mol. The molecule has 0 saturated heterocycles. The van der Waals surface area contributed by atoms with Gasteiger partial charge in [-0.05, 0) is 47.8 Å². The molecule has 0 heterocycles. The summed E-state index contributed by atoms with van der Waals surface area (Å²) in [7, 11) is 0. The first-order chi connectivity index (χ1) is 7.98. The molecule has 1 aromatic carbocycles. The Balaban J connectivity index is 2.25. The van der Waals surface area contributed by atoms with Gasteiger partial charge in [-0.3, -0.25) is 0 Å². The van der Waals surface area contributed by atoms with Gasteiger partial charge in [-0.2, -0.15) is 0 Å². The SMILES string of the molecule is CC(C)(C)C1CCCCC1c1ccc(O)cc1. The lowest BCUT2D eigenvalue weighted by molar-refractivity contribution is 0.151. The molecule has 0 aliphatic heterocycles. The first kappa shape index (κ1) is 12.5. The molecule has 1 heteroatoms. The van der Waals surface area contributed by atoms with Crippen LogP contribution in [-0.2, 0) is 0 Å². The molecule has 1 saturated carbocycles. The second kappa shape index (κ2) is 4.72. The van der Waals surface area contributed by atoms with Crippen LogP contribution in [0, 0.1) is 11.3 Å². The Morgan fingerprint density at radius 2 is 1.59 bits per heavy atom. The highest BCUT2D eigenvalue weighted by Gasteiger charge is 2.34. The van der Waals surface area contributed by atoms with Crippen molar-refractivity contribution < 1.29 is 5.11 Å². The van der Waals surface area contributed by atoms with Crippen LogP contribution in [0.5, 0.6) is 5.75 Å². The van der Waals surface area contributed by atoms with Crippen molar-refractivity contribution in [3.05, 3.63) is 29.8 Å². The first-order valence-electron chi connectivity index (χ1n) is 6.77. The van der Waals surface area contributed by atoms with Crippen molar-refractivity contribution in [2.24, 2.45) is 11.3 Å². The molecule has 1 fully saturated rings. The summed E-state index contributed by atoms with van der Waals surface area (Å²) in [4.78, 5) is 0. The second-order valence-corrected chi connectivity index (χ2v) is 6.46. The standard InChI is InChI=1S/C16H24O/c1-16(2,3)15-7-5-4-6-14(15)12-8-10-13(17)11-9-12/h8-11,14-15,17H,4-7H2,1-3H3. The molecule has 0 radical (unpaired) electrons. The van der Waals surface area contributed by atoms with Crippen LogP contribution in [0.2, 0.25) is 0 Å². The fourth-order valence-electron chi connectivity index (χ4n) is 3.29. The van der Waals surface area contributed by atoms with Crippen LogP contribution in [0.3, 0.4) is 0 Å². The minimum Gasteiger partial charge on any atom is -0.508 e. The highest BCUT2D eigenvalue weighted by atomic mass is 16.3. The maximum atomic E-state index is 9.38. The molecule has 2 unspecified atom stereocenters. The molecule has 0 bridgehead atoms. The van der Waals surface area contributed by atoms with Gasteiger partial charge in [0.1, 0.15) is 5.75 Å². The van der Waals surface area contributed by atoms with E-state index >= 15 is 0 Å². The zero-order valence-corrected chi connectivity index (χ0v) is 11.2. The normalized spacial score (nSPS) is 25.8. The third kappa shape index (κ3) is 2.83. The van der Waals surface area contributed by atoms with Gasteiger partial charge in [0.2, 0.25) is 0 Å². The van der Waals surface area contributed by atoms with Gasteiger partial charge in [0.15, 0.2) is 0 Å². The van der Waals surface area contributed by atoms with E-state index in [-0.39, 0.29) is 0 Å². The molecule has 94 valence electrons. The third-order valence-electron chi connectivity index (χ3n) is 4.20. The van der Waals surface area contributed by atoms with Gasteiger partial charge >= 0.3 is 0 Å². The number of hydrogen-bond acceptors (Lipinski definition) is 1. The fourth-order valence-corrected chi connectivity index (χ4v) is 3.29. The van der Waals surface area contributed by atoms with Crippen LogP contribution in [0.15, 0.2) is 24.3 Å². The van der Waals surface area contributed by atoms with Crippen LogP contribution in [0.4, 0.5) is 0 Å². The molecule has 1 aromatic rings. The molecule has 2 rings (SSSR count). The summed E-state index contributed by atoms with van der Waals surface area (Å²) in [5.74, 6) is 1.81. The average Bonchev–Trinajstić information content (AvgIpc) is 2.29. The maximum absolute atomic E-state index is 9.38. The average molecular weight is 232 g/mol. The molecular weight excluding hydrogens is 208 g/mol. The topological polar surface area (TPSA) is 20.2 Å². The Morgan fingerprint density at radius 3 is 2.18 bits per heavy atom. The summed E-state index contributed by atoms with van der Waals surface area (Å²) in [5, 5.41) is 9.38. The minimum atomic E-state index is 0.372. The summed E-state index contributed by atoms with van der Waals surface area (Å²) in [6, 6.07) is 7.85. The van der Waals surface area contributed by atoms with E-state index in [1.807, 2.05) is 12.1 Å². The van der Waals surface area contributed by atoms with E-state index in [2.05, 4.69) is 32.9 Å². The highest BCUT2D eigenvalue weighted by molar-refractivity contribution is 5.29. The number of rotatable bonds is 1. The molecule has 0 aromatic heterocycles. The summed E-state index contributed by atoms with van der Waals surface area (Å²) in [6.45, 7) is 7.07. The molecule has 0 amide bonds. The minimum absolute atomic E-state index is 0.372. The van der Waals surface area contributed by atoms with Gasteiger partial charge in [0.25, 0.3) is 0 Å². The van der Waals surface area contributed by atoms with Gasteiger partial charge in [-0.1, -0.05) is 45.7 Å². The molecule has 1 nitrogen and oxygen atoms in total. The van der Waals surface area contributed by atoms with E-state index in [9.17, 15) is 5.11 Å². The molecule has 0 spiro atoms. The Bertz CT molecular complexity index is 358. The number of benzene rings is 1. The van der Waals surface area contributed by atoms with E-state index in [0.717, 1.165) is 5.92 Å². The van der Waals surface area contributed by atoms with Gasteiger partial charge in [0.05, 0.1) is 0 Å². The molecule has 1 N–H and O–H groups in total. The first-order valence-corrected chi connectivity index (χ1v) is 6.77. The second-order valence-electron chi connectivity index (χ2n) is 6.46. The summed E-state index contributed by atoms with van der Waals surface area (Å²) >= 11 is 0. The number of aromatic hydroxyl groups is 1. The van der Waals surface area contributed by atoms with Crippen molar-refractivity contribution in [1.82, 2.24) is 0 Å². The van der Waals surface area contributed by atoms with Crippen molar-refractivity contribution in [3.8, 4) is 5.75 Å². The number of phenols is 1.